The number of fused-ring (bicyclic) bond motifs is 1. The number of hydroxylamine groups is 1. The van der Waals surface area contributed by atoms with Crippen molar-refractivity contribution >= 4 is 21.8 Å². The average Bonchev–Trinajstić information content (AvgIpc) is 2.65. The maximum absolute atomic E-state index is 13.5. The first-order chi connectivity index (χ1) is 14.0. The minimum atomic E-state index is -3.76. The van der Waals surface area contributed by atoms with Crippen LogP contribution in [-0.2, 0) is 29.2 Å². The van der Waals surface area contributed by atoms with Gasteiger partial charge in [0.2, 0.25) is 15.9 Å². The second-order valence-electron chi connectivity index (χ2n) is 9.45. The molecule has 0 bridgehead atoms. The lowest BCUT2D eigenvalue weighted by Crippen LogP contribution is -2.74. The number of piperazine rings is 1. The summed E-state index contributed by atoms with van der Waals surface area (Å²) in [6.45, 7) is 9.16. The Morgan fingerprint density at radius 3 is 2.13 bits per heavy atom. The van der Waals surface area contributed by atoms with E-state index in [-0.39, 0.29) is 36.2 Å². The molecule has 3 rings (SSSR count). The first-order valence-electron chi connectivity index (χ1n) is 10.9. The van der Waals surface area contributed by atoms with Crippen molar-refractivity contribution in [2.45, 2.75) is 77.7 Å². The Kier molecular flexibility index (Phi) is 7.11. The zero-order valence-electron chi connectivity index (χ0n) is 18.6. The van der Waals surface area contributed by atoms with Gasteiger partial charge in [0.15, 0.2) is 6.10 Å². The number of carbonyl (C=O) groups excluding carboxylic acids is 2. The predicted octanol–water partition coefficient (Wildman–Crippen LogP) is 1.20. The number of carbonyl (C=O) groups is 2. The van der Waals surface area contributed by atoms with Crippen LogP contribution in [0.3, 0.4) is 0 Å². The Morgan fingerprint density at radius 1 is 1.00 bits per heavy atom. The normalized spacial score (nSPS) is 29.8. The number of rotatable bonds is 6. The summed E-state index contributed by atoms with van der Waals surface area (Å²) >= 11 is 0. The molecule has 0 spiro atoms. The van der Waals surface area contributed by atoms with Gasteiger partial charge in [-0.05, 0) is 37.5 Å². The number of amides is 2. The van der Waals surface area contributed by atoms with Crippen molar-refractivity contribution in [3.05, 3.63) is 0 Å². The zero-order valence-corrected chi connectivity index (χ0v) is 19.4. The van der Waals surface area contributed by atoms with E-state index in [0.717, 1.165) is 10.7 Å². The third kappa shape index (κ3) is 4.81. The van der Waals surface area contributed by atoms with Crippen LogP contribution in [0.15, 0.2) is 0 Å². The van der Waals surface area contributed by atoms with Crippen LogP contribution < -0.4 is 0 Å². The third-order valence-corrected chi connectivity index (χ3v) is 6.91. The Balaban J connectivity index is 2.00. The van der Waals surface area contributed by atoms with Crippen LogP contribution in [0.25, 0.3) is 0 Å². The van der Waals surface area contributed by atoms with Gasteiger partial charge in [0.1, 0.15) is 12.2 Å². The lowest BCUT2D eigenvalue weighted by atomic mass is 9.94. The van der Waals surface area contributed by atoms with Gasteiger partial charge in [-0.15, -0.1) is 0 Å². The van der Waals surface area contributed by atoms with Crippen LogP contribution in [-0.4, -0.2) is 84.9 Å². The van der Waals surface area contributed by atoms with Gasteiger partial charge in [-0.2, -0.15) is 0 Å². The molecule has 3 aliphatic heterocycles. The minimum absolute atomic E-state index is 0.0204. The second-order valence-corrected chi connectivity index (χ2v) is 11.3. The summed E-state index contributed by atoms with van der Waals surface area (Å²) in [5, 5.41) is 0. The summed E-state index contributed by atoms with van der Waals surface area (Å²) in [5.74, 6) is -0.0853. The molecule has 3 fully saturated rings. The van der Waals surface area contributed by atoms with Gasteiger partial charge in [0.25, 0.3) is 5.91 Å². The Hall–Kier alpha value is -1.23. The molecule has 0 aromatic carbocycles. The highest BCUT2D eigenvalue weighted by atomic mass is 32.2. The maximum Gasteiger partial charge on any atom is 0.256 e. The smallest absolute Gasteiger partial charge is 0.256 e. The minimum Gasteiger partial charge on any atom is -0.381 e. The monoisotopic (exact) mass is 445 g/mol. The molecule has 2 amide bonds. The molecule has 0 aromatic heterocycles. The van der Waals surface area contributed by atoms with Crippen LogP contribution in [0.5, 0.6) is 0 Å². The fourth-order valence-electron chi connectivity index (χ4n) is 4.61. The number of hydrogen-bond donors (Lipinski definition) is 0. The van der Waals surface area contributed by atoms with E-state index in [1.807, 2.05) is 27.7 Å². The SMILES string of the molecule is CC(C)C[C@H]1ON(S(C)(=O)=O)C2CN(C3CCOCC3)C(=O)[C@H](CC(C)C)N2C1=O. The van der Waals surface area contributed by atoms with Crippen LogP contribution >= 0.6 is 0 Å². The predicted molar refractivity (Wildman–Crippen MR) is 110 cm³/mol. The van der Waals surface area contributed by atoms with Gasteiger partial charge in [-0.25, -0.2) is 8.42 Å². The summed E-state index contributed by atoms with van der Waals surface area (Å²) in [5.41, 5.74) is 0. The summed E-state index contributed by atoms with van der Waals surface area (Å²) in [6.07, 6.45) is 1.61. The molecule has 9 nitrogen and oxygen atoms in total. The molecule has 0 N–H and O–H groups in total. The van der Waals surface area contributed by atoms with Gasteiger partial charge in [0.05, 0.1) is 12.8 Å². The Labute approximate surface area is 179 Å². The topological polar surface area (TPSA) is 96.5 Å². The van der Waals surface area contributed by atoms with E-state index < -0.39 is 28.3 Å². The number of hydrogen-bond acceptors (Lipinski definition) is 6. The van der Waals surface area contributed by atoms with E-state index in [0.29, 0.717) is 38.9 Å². The van der Waals surface area contributed by atoms with Crippen LogP contribution in [0.2, 0.25) is 0 Å². The van der Waals surface area contributed by atoms with Crippen molar-refractivity contribution in [3.63, 3.8) is 0 Å². The quantitative estimate of drug-likeness (QED) is 0.610. The number of ether oxygens (including phenoxy) is 1. The molecule has 172 valence electrons. The van der Waals surface area contributed by atoms with Gasteiger partial charge in [0, 0.05) is 19.3 Å². The largest absolute Gasteiger partial charge is 0.381 e. The first kappa shape index (κ1) is 23.4. The second kappa shape index (κ2) is 9.10. The standard InChI is InChI=1S/C20H35N3O6S/c1-13(2)10-16-19(24)21(15-6-8-28-9-7-15)12-18-22(16)20(25)17(11-14(3)4)29-23(18)30(5,26)27/h13-18H,6-12H2,1-5H3/t16-,17+,18?/m0/s1. The molecule has 0 aromatic rings. The average molecular weight is 446 g/mol. The number of sulfonamides is 1. The zero-order chi connectivity index (χ0) is 22.2. The molecule has 1 unspecified atom stereocenters. The molecule has 0 radical (unpaired) electrons. The van der Waals surface area contributed by atoms with Crippen molar-refractivity contribution < 1.29 is 27.6 Å². The highest BCUT2D eigenvalue weighted by molar-refractivity contribution is 7.88. The molecule has 10 heteroatoms. The highest BCUT2D eigenvalue weighted by Crippen LogP contribution is 2.34. The fraction of sp³-hybridized carbons (Fsp3) is 0.900. The van der Waals surface area contributed by atoms with Crippen molar-refractivity contribution in [1.82, 2.24) is 14.3 Å². The van der Waals surface area contributed by atoms with Gasteiger partial charge < -0.3 is 14.5 Å². The summed E-state index contributed by atoms with van der Waals surface area (Å²) in [7, 11) is -3.76. The van der Waals surface area contributed by atoms with Crippen LogP contribution in [0.1, 0.15) is 53.4 Å². The molecule has 0 aliphatic carbocycles. The van der Waals surface area contributed by atoms with E-state index in [4.69, 9.17) is 9.57 Å². The van der Waals surface area contributed by atoms with Crippen molar-refractivity contribution in [1.29, 1.82) is 0 Å². The lowest BCUT2D eigenvalue weighted by molar-refractivity contribution is -0.249. The Morgan fingerprint density at radius 2 is 1.60 bits per heavy atom. The fourth-order valence-corrected chi connectivity index (χ4v) is 5.48. The van der Waals surface area contributed by atoms with Crippen LogP contribution in [0, 0.1) is 11.8 Å². The Bertz CT molecular complexity index is 750. The molecule has 3 saturated heterocycles. The molecule has 0 saturated carbocycles. The van der Waals surface area contributed by atoms with E-state index in [1.54, 1.807) is 4.90 Å². The summed E-state index contributed by atoms with van der Waals surface area (Å²) in [6, 6.07) is -0.713. The van der Waals surface area contributed by atoms with Gasteiger partial charge in [-0.1, -0.05) is 32.2 Å². The lowest BCUT2D eigenvalue weighted by Gasteiger charge is -2.54. The van der Waals surface area contributed by atoms with Crippen molar-refractivity contribution in [2.24, 2.45) is 11.8 Å². The van der Waals surface area contributed by atoms with Crippen molar-refractivity contribution in [3.8, 4) is 0 Å². The maximum atomic E-state index is 13.5. The molecule has 3 aliphatic rings. The molecule has 30 heavy (non-hydrogen) atoms. The summed E-state index contributed by atoms with van der Waals surface area (Å²) < 4.78 is 31.6. The molecule has 3 heterocycles. The van der Waals surface area contributed by atoms with Gasteiger partial charge in [-0.3, -0.25) is 14.4 Å². The molecule has 3 atom stereocenters. The van der Waals surface area contributed by atoms with Gasteiger partial charge >= 0.3 is 0 Å². The summed E-state index contributed by atoms with van der Waals surface area (Å²) in [4.78, 5) is 35.9. The molecular formula is C20H35N3O6S. The highest BCUT2D eigenvalue weighted by Gasteiger charge is 2.54. The first-order valence-corrected chi connectivity index (χ1v) is 12.7. The van der Waals surface area contributed by atoms with E-state index >= 15 is 0 Å². The van der Waals surface area contributed by atoms with E-state index in [2.05, 4.69) is 0 Å². The number of nitrogens with zero attached hydrogens (tertiary/aromatic N) is 3. The third-order valence-electron chi connectivity index (χ3n) is 5.93. The van der Waals surface area contributed by atoms with Crippen molar-refractivity contribution in [2.75, 3.05) is 26.0 Å². The van der Waals surface area contributed by atoms with E-state index in [1.165, 1.54) is 4.90 Å². The van der Waals surface area contributed by atoms with E-state index in [9.17, 15) is 18.0 Å². The van der Waals surface area contributed by atoms with Crippen LogP contribution in [0.4, 0.5) is 0 Å². The molecular weight excluding hydrogens is 410 g/mol.